The van der Waals surface area contributed by atoms with Crippen LogP contribution in [0.4, 0.5) is 5.69 Å². The van der Waals surface area contributed by atoms with Gasteiger partial charge in [-0.2, -0.15) is 0 Å². The fourth-order valence-electron chi connectivity index (χ4n) is 3.33. The van der Waals surface area contributed by atoms with Crippen LogP contribution in [0.3, 0.4) is 0 Å². The molecule has 0 saturated heterocycles. The summed E-state index contributed by atoms with van der Waals surface area (Å²) in [6.07, 6.45) is 4.63. The standard InChI is InChI=1S/C19H16ClNO3/c20-16-11-12(9-10-17(16)24-13-5-1-2-6-13)21-18(22)14-7-3-4-8-15(14)19(21)23/h3-4,7-11,13H,1-2,5-6H2. The molecule has 1 aliphatic carbocycles. The highest BCUT2D eigenvalue weighted by molar-refractivity contribution is 6.36. The molecule has 0 atom stereocenters. The summed E-state index contributed by atoms with van der Waals surface area (Å²) in [5, 5.41) is 0.413. The van der Waals surface area contributed by atoms with Gasteiger partial charge in [0.15, 0.2) is 0 Å². The second kappa shape index (κ2) is 5.95. The van der Waals surface area contributed by atoms with Crippen molar-refractivity contribution in [1.29, 1.82) is 0 Å². The first-order valence-corrected chi connectivity index (χ1v) is 8.47. The summed E-state index contributed by atoms with van der Waals surface area (Å²) in [6.45, 7) is 0. The summed E-state index contributed by atoms with van der Waals surface area (Å²) in [7, 11) is 0. The second-order valence-corrected chi connectivity index (χ2v) is 6.54. The quantitative estimate of drug-likeness (QED) is 0.774. The van der Waals surface area contributed by atoms with Crippen molar-refractivity contribution in [1.82, 2.24) is 0 Å². The van der Waals surface area contributed by atoms with Crippen molar-refractivity contribution in [3.63, 3.8) is 0 Å². The third kappa shape index (κ3) is 2.47. The lowest BCUT2D eigenvalue weighted by Crippen LogP contribution is -2.29. The van der Waals surface area contributed by atoms with Gasteiger partial charge in [0.2, 0.25) is 0 Å². The average molecular weight is 342 g/mol. The lowest BCUT2D eigenvalue weighted by molar-refractivity contribution is 0.0926. The number of fused-ring (bicyclic) bond motifs is 1. The molecular formula is C19H16ClNO3. The highest BCUT2D eigenvalue weighted by Crippen LogP contribution is 2.35. The number of anilines is 1. The molecule has 0 N–H and O–H groups in total. The maximum atomic E-state index is 12.5. The van der Waals surface area contributed by atoms with E-state index >= 15 is 0 Å². The third-order valence-corrected chi connectivity index (χ3v) is 4.86. The van der Waals surface area contributed by atoms with Gasteiger partial charge in [-0.15, -0.1) is 0 Å². The fraction of sp³-hybridized carbons (Fsp3) is 0.263. The van der Waals surface area contributed by atoms with E-state index in [1.54, 1.807) is 42.5 Å². The Morgan fingerprint density at radius 2 is 1.58 bits per heavy atom. The summed E-state index contributed by atoms with van der Waals surface area (Å²) >= 11 is 6.32. The largest absolute Gasteiger partial charge is 0.489 e. The Morgan fingerprint density at radius 1 is 0.958 bits per heavy atom. The lowest BCUT2D eigenvalue weighted by Gasteiger charge is -2.18. The molecule has 2 amide bonds. The van der Waals surface area contributed by atoms with Crippen LogP contribution >= 0.6 is 11.6 Å². The van der Waals surface area contributed by atoms with E-state index in [9.17, 15) is 9.59 Å². The molecule has 0 radical (unpaired) electrons. The predicted molar refractivity (Wildman–Crippen MR) is 91.9 cm³/mol. The number of carbonyl (C=O) groups is 2. The Hall–Kier alpha value is -2.33. The van der Waals surface area contributed by atoms with Crippen molar-refractivity contribution in [2.24, 2.45) is 0 Å². The molecule has 2 aliphatic rings. The molecule has 1 saturated carbocycles. The van der Waals surface area contributed by atoms with Crippen molar-refractivity contribution in [3.05, 3.63) is 58.6 Å². The van der Waals surface area contributed by atoms with Crippen LogP contribution < -0.4 is 9.64 Å². The number of nitrogens with zero attached hydrogens (tertiary/aromatic N) is 1. The summed E-state index contributed by atoms with van der Waals surface area (Å²) < 4.78 is 5.92. The smallest absolute Gasteiger partial charge is 0.266 e. The van der Waals surface area contributed by atoms with Crippen LogP contribution in [0.25, 0.3) is 0 Å². The monoisotopic (exact) mass is 341 g/mol. The Kier molecular flexibility index (Phi) is 3.77. The Morgan fingerprint density at radius 3 is 2.17 bits per heavy atom. The van der Waals surface area contributed by atoms with Crippen molar-refractivity contribution < 1.29 is 14.3 Å². The molecule has 4 rings (SSSR count). The number of halogens is 1. The molecule has 122 valence electrons. The van der Waals surface area contributed by atoms with Crippen LogP contribution in [0.5, 0.6) is 5.75 Å². The molecule has 0 unspecified atom stereocenters. The molecule has 0 spiro atoms. The average Bonchev–Trinajstić information content (AvgIpc) is 3.18. The van der Waals surface area contributed by atoms with Gasteiger partial charge in [-0.05, 0) is 56.0 Å². The number of rotatable bonds is 3. The van der Waals surface area contributed by atoms with Gasteiger partial charge < -0.3 is 4.74 Å². The second-order valence-electron chi connectivity index (χ2n) is 6.13. The van der Waals surface area contributed by atoms with Gasteiger partial charge in [-0.25, -0.2) is 4.90 Å². The third-order valence-electron chi connectivity index (χ3n) is 4.56. The van der Waals surface area contributed by atoms with Crippen LogP contribution in [-0.2, 0) is 0 Å². The number of carbonyl (C=O) groups excluding carboxylic acids is 2. The summed E-state index contributed by atoms with van der Waals surface area (Å²) in [4.78, 5) is 26.2. The molecule has 1 fully saturated rings. The first kappa shape index (κ1) is 15.2. The van der Waals surface area contributed by atoms with Crippen LogP contribution in [0.1, 0.15) is 46.4 Å². The molecular weight excluding hydrogens is 326 g/mol. The lowest BCUT2D eigenvalue weighted by atomic mass is 10.1. The van der Waals surface area contributed by atoms with Crippen molar-refractivity contribution in [2.75, 3.05) is 4.90 Å². The number of imide groups is 1. The predicted octanol–water partition coefficient (Wildman–Crippen LogP) is 4.46. The summed E-state index contributed by atoms with van der Waals surface area (Å²) in [5.41, 5.74) is 1.31. The van der Waals surface area contributed by atoms with Crippen molar-refractivity contribution in [3.8, 4) is 5.75 Å². The molecule has 24 heavy (non-hydrogen) atoms. The van der Waals surface area contributed by atoms with Gasteiger partial charge >= 0.3 is 0 Å². The van der Waals surface area contributed by atoms with Gasteiger partial charge in [0.05, 0.1) is 27.9 Å². The normalized spacial score (nSPS) is 17.5. The Bertz CT molecular complexity index is 792. The molecule has 1 aliphatic heterocycles. The zero-order valence-electron chi connectivity index (χ0n) is 13.0. The van der Waals surface area contributed by atoms with Crippen LogP contribution in [-0.4, -0.2) is 17.9 Å². The number of ether oxygens (including phenoxy) is 1. The minimum Gasteiger partial charge on any atom is -0.489 e. The van der Waals surface area contributed by atoms with Crippen molar-refractivity contribution in [2.45, 2.75) is 31.8 Å². The minimum atomic E-state index is -0.323. The molecule has 1 heterocycles. The topological polar surface area (TPSA) is 46.6 Å². The van der Waals surface area contributed by atoms with Gasteiger partial charge in [-0.1, -0.05) is 23.7 Å². The molecule has 5 heteroatoms. The Balaban J connectivity index is 1.62. The van der Waals surface area contributed by atoms with E-state index in [1.165, 1.54) is 12.8 Å². The molecule has 0 bridgehead atoms. The van der Waals surface area contributed by atoms with Gasteiger partial charge in [0.25, 0.3) is 11.8 Å². The van der Waals surface area contributed by atoms with Gasteiger partial charge in [-0.3, -0.25) is 9.59 Å². The van der Waals surface area contributed by atoms with E-state index in [1.807, 2.05) is 0 Å². The summed E-state index contributed by atoms with van der Waals surface area (Å²) in [6, 6.07) is 11.9. The summed E-state index contributed by atoms with van der Waals surface area (Å²) in [5.74, 6) is -0.0452. The first-order chi connectivity index (χ1) is 11.6. The van der Waals surface area contributed by atoms with E-state index in [0.717, 1.165) is 17.7 Å². The van der Waals surface area contributed by atoms with Gasteiger partial charge in [0.1, 0.15) is 5.75 Å². The maximum absolute atomic E-state index is 12.5. The Labute approximate surface area is 145 Å². The SMILES string of the molecule is O=C1c2ccccc2C(=O)N1c1ccc(OC2CCCC2)c(Cl)c1. The maximum Gasteiger partial charge on any atom is 0.266 e. The van der Waals surface area contributed by atoms with Crippen molar-refractivity contribution >= 4 is 29.1 Å². The van der Waals surface area contributed by atoms with E-state index in [2.05, 4.69) is 0 Å². The fourth-order valence-corrected chi connectivity index (χ4v) is 3.55. The van der Waals surface area contributed by atoms with Gasteiger partial charge in [0, 0.05) is 0 Å². The van der Waals surface area contributed by atoms with Crippen LogP contribution in [0.15, 0.2) is 42.5 Å². The van der Waals surface area contributed by atoms with Crippen LogP contribution in [0.2, 0.25) is 5.02 Å². The molecule has 2 aromatic rings. The van der Waals surface area contributed by atoms with E-state index in [4.69, 9.17) is 16.3 Å². The van der Waals surface area contributed by atoms with E-state index in [-0.39, 0.29) is 17.9 Å². The minimum absolute atomic E-state index is 0.202. The number of hydrogen-bond acceptors (Lipinski definition) is 3. The zero-order valence-corrected chi connectivity index (χ0v) is 13.8. The number of benzene rings is 2. The number of amides is 2. The van der Waals surface area contributed by atoms with Crippen LogP contribution in [0, 0.1) is 0 Å². The molecule has 2 aromatic carbocycles. The zero-order chi connectivity index (χ0) is 16.7. The first-order valence-electron chi connectivity index (χ1n) is 8.09. The number of hydrogen-bond donors (Lipinski definition) is 0. The molecule has 4 nitrogen and oxygen atoms in total. The van der Waals surface area contributed by atoms with E-state index in [0.29, 0.717) is 27.6 Å². The molecule has 0 aromatic heterocycles. The highest BCUT2D eigenvalue weighted by Gasteiger charge is 2.36. The highest BCUT2D eigenvalue weighted by atomic mass is 35.5. The van der Waals surface area contributed by atoms with E-state index < -0.39 is 0 Å².